The van der Waals surface area contributed by atoms with E-state index in [1.165, 1.54) is 51.2 Å². The Labute approximate surface area is 234 Å². The topological polar surface area (TPSA) is 171 Å². The van der Waals surface area contributed by atoms with Gasteiger partial charge in [0.2, 0.25) is 11.8 Å². The highest BCUT2D eigenvalue weighted by atomic mass is 32.2. The molecule has 2 heterocycles. The van der Waals surface area contributed by atoms with Gasteiger partial charge in [-0.25, -0.2) is 9.97 Å². The molecule has 0 saturated heterocycles. The number of benzene rings is 1. The molecule has 11 nitrogen and oxygen atoms in total. The van der Waals surface area contributed by atoms with Gasteiger partial charge in [0.15, 0.2) is 10.6 Å². The molecule has 41 heavy (non-hydrogen) atoms. The Morgan fingerprint density at radius 3 is 2.44 bits per heavy atom. The molecule has 2 atom stereocenters. The van der Waals surface area contributed by atoms with Gasteiger partial charge in [0.05, 0.1) is 24.3 Å². The number of pyridine rings is 2. The molecule has 0 saturated carbocycles. The lowest BCUT2D eigenvalue weighted by Gasteiger charge is -2.21. The highest BCUT2D eigenvalue weighted by Gasteiger charge is 2.36. The van der Waals surface area contributed by atoms with Crippen LogP contribution in [-0.4, -0.2) is 55.3 Å². The Morgan fingerprint density at radius 1 is 1.24 bits per heavy atom. The van der Waals surface area contributed by atoms with E-state index in [4.69, 9.17) is 20.4 Å². The molecule has 0 aliphatic heterocycles. The van der Waals surface area contributed by atoms with Crippen LogP contribution in [0.15, 0.2) is 47.5 Å². The lowest BCUT2D eigenvalue weighted by atomic mass is 10.0. The number of carbonyl (C=O) groups excluding carboxylic acids is 2. The van der Waals surface area contributed by atoms with Crippen LogP contribution in [0.3, 0.4) is 0 Å². The van der Waals surface area contributed by atoms with Gasteiger partial charge in [-0.1, -0.05) is 6.07 Å². The molecule has 1 aromatic carbocycles. The number of nitrogens with zero attached hydrogens (tertiary/aromatic N) is 3. The second kappa shape index (κ2) is 13.9. The number of carbonyl (C=O) groups is 3. The van der Waals surface area contributed by atoms with Gasteiger partial charge < -0.3 is 25.4 Å². The highest BCUT2D eigenvalue weighted by molar-refractivity contribution is 7.89. The van der Waals surface area contributed by atoms with Crippen molar-refractivity contribution in [2.24, 2.45) is 5.73 Å². The average molecular weight is 600 g/mol. The summed E-state index contributed by atoms with van der Waals surface area (Å²) in [4.78, 5) is 41.1. The fraction of sp³-hybridized carbons (Fsp3) is 0.240. The van der Waals surface area contributed by atoms with E-state index < -0.39 is 63.9 Å². The van der Waals surface area contributed by atoms with Gasteiger partial charge in [0.1, 0.15) is 16.9 Å². The van der Waals surface area contributed by atoms with E-state index in [1.54, 1.807) is 0 Å². The van der Waals surface area contributed by atoms with Crippen molar-refractivity contribution < 1.29 is 46.3 Å². The summed E-state index contributed by atoms with van der Waals surface area (Å²) in [6, 6.07) is 6.87. The number of hydrogen-bond donors (Lipinski definition) is 3. The van der Waals surface area contributed by atoms with Gasteiger partial charge in [-0.15, -0.1) is 0 Å². The number of halogens is 4. The minimum absolute atomic E-state index is 0.0219. The number of nitrogens with one attached hydrogen (secondary N) is 1. The number of anilines is 1. The smallest absolute Gasteiger partial charge is 0.418 e. The minimum atomic E-state index is -4.81. The Bertz CT molecular complexity index is 1420. The molecule has 2 aromatic heterocycles. The Balaban J connectivity index is 0.00000187. The van der Waals surface area contributed by atoms with E-state index in [9.17, 15) is 31.7 Å². The van der Waals surface area contributed by atoms with E-state index in [0.29, 0.717) is 6.20 Å². The van der Waals surface area contributed by atoms with Crippen LogP contribution in [0, 0.1) is 19.8 Å². The Hall–Kier alpha value is -4.28. The van der Waals surface area contributed by atoms with Gasteiger partial charge in [-0.3, -0.25) is 14.4 Å². The van der Waals surface area contributed by atoms with Gasteiger partial charge >= 0.3 is 6.18 Å². The summed E-state index contributed by atoms with van der Waals surface area (Å²) in [5.41, 5.74) is 3.56. The number of alkyl halides is 3. The van der Waals surface area contributed by atoms with Crippen LogP contribution in [0.2, 0.25) is 0 Å². The number of aryl methyl sites for hydroxylation is 1. The molecular formula is C25H25F4N5O6S. The van der Waals surface area contributed by atoms with E-state index >= 15 is 0 Å². The number of carboxylic acid groups (broad SMARTS) is 1. The van der Waals surface area contributed by atoms with Crippen molar-refractivity contribution in [3.8, 4) is 11.6 Å². The molecule has 0 aliphatic carbocycles. The third-order valence-corrected chi connectivity index (χ3v) is 6.62. The summed E-state index contributed by atoms with van der Waals surface area (Å²) in [5.74, 6) is -2.88. The van der Waals surface area contributed by atoms with E-state index in [0.717, 1.165) is 17.3 Å². The zero-order chi connectivity index (χ0) is 31.1. The maximum absolute atomic E-state index is 13.6. The lowest BCUT2D eigenvalue weighted by molar-refractivity contribution is -0.138. The van der Waals surface area contributed by atoms with Crippen LogP contribution >= 0.6 is 0 Å². The van der Waals surface area contributed by atoms with Crippen LogP contribution in [-0.2, 0) is 27.1 Å². The van der Waals surface area contributed by atoms with Gasteiger partial charge in [0.25, 0.3) is 18.3 Å². The molecule has 2 amide bonds. The van der Waals surface area contributed by atoms with Crippen LogP contribution in [0.1, 0.15) is 34.1 Å². The number of aromatic nitrogens is 2. The van der Waals surface area contributed by atoms with Crippen LogP contribution in [0.5, 0.6) is 11.6 Å². The molecule has 0 bridgehead atoms. The first kappa shape index (κ1) is 32.9. The molecule has 3 rings (SSSR count). The second-order valence-corrected chi connectivity index (χ2v) is 9.77. The predicted molar refractivity (Wildman–Crippen MR) is 139 cm³/mol. The van der Waals surface area contributed by atoms with Gasteiger partial charge in [-0.05, 0) is 50.6 Å². The number of rotatable bonds is 7. The summed E-state index contributed by atoms with van der Waals surface area (Å²) in [6.45, 7) is 3.68. The molecule has 0 fully saturated rings. The lowest BCUT2D eigenvalue weighted by Crippen LogP contribution is -2.42. The van der Waals surface area contributed by atoms with E-state index in [2.05, 4.69) is 15.3 Å². The molecule has 3 aromatic rings. The third kappa shape index (κ3) is 8.36. The van der Waals surface area contributed by atoms with Crippen molar-refractivity contribution in [1.82, 2.24) is 14.3 Å². The van der Waals surface area contributed by atoms with Crippen LogP contribution in [0.25, 0.3) is 0 Å². The normalized spacial score (nSPS) is 12.3. The Morgan fingerprint density at radius 2 is 1.88 bits per heavy atom. The Kier molecular flexibility index (Phi) is 11.1. The maximum Gasteiger partial charge on any atom is 0.418 e. The van der Waals surface area contributed by atoms with Crippen molar-refractivity contribution in [3.05, 3.63) is 70.9 Å². The average Bonchev–Trinajstić information content (AvgIpc) is 2.88. The largest absolute Gasteiger partial charge is 0.588 e. The molecule has 0 radical (unpaired) electrons. The van der Waals surface area contributed by atoms with Crippen LogP contribution in [0.4, 0.5) is 23.2 Å². The molecule has 220 valence electrons. The summed E-state index contributed by atoms with van der Waals surface area (Å²) < 4.78 is 73.4. The van der Waals surface area contributed by atoms with Crippen molar-refractivity contribution in [3.63, 3.8) is 0 Å². The van der Waals surface area contributed by atoms with Crippen LogP contribution < -0.4 is 15.8 Å². The summed E-state index contributed by atoms with van der Waals surface area (Å²) in [5, 5.41) is 9.34. The third-order valence-electron chi connectivity index (χ3n) is 5.29. The summed E-state index contributed by atoms with van der Waals surface area (Å²) >= 11 is -1.97. The molecule has 1 unspecified atom stereocenters. The second-order valence-electron chi connectivity index (χ2n) is 8.26. The maximum atomic E-state index is 13.6. The molecule has 0 spiro atoms. The van der Waals surface area contributed by atoms with Gasteiger partial charge in [0, 0.05) is 18.0 Å². The molecule has 0 aliphatic rings. The monoisotopic (exact) mass is 599 g/mol. The number of amides is 2. The number of hydrogen-bond acceptors (Lipinski definition) is 8. The van der Waals surface area contributed by atoms with Crippen molar-refractivity contribution in [1.29, 1.82) is 0 Å². The van der Waals surface area contributed by atoms with Gasteiger partial charge in [-0.2, -0.15) is 21.9 Å². The SMILES string of the molecule is Cc1nc(F)ccc1Oc1ncc(C(F)(F)F)c(C)c1C(=O)Nc1cccc([S+]([O-])N(C)C(=O)[C@@H](C)N)c1.O=CO. The van der Waals surface area contributed by atoms with Crippen molar-refractivity contribution in [2.45, 2.75) is 37.9 Å². The minimum Gasteiger partial charge on any atom is -0.588 e. The zero-order valence-corrected chi connectivity index (χ0v) is 22.8. The zero-order valence-electron chi connectivity index (χ0n) is 22.0. The number of nitrogens with two attached hydrogens (primary N) is 1. The fourth-order valence-electron chi connectivity index (χ4n) is 3.34. The summed E-state index contributed by atoms with van der Waals surface area (Å²) in [6.07, 6.45) is -4.28. The molecule has 16 heteroatoms. The van der Waals surface area contributed by atoms with E-state index in [-0.39, 0.29) is 28.5 Å². The number of likely N-dealkylation sites (N-methyl/N-ethyl adjacent to an activating group) is 1. The van der Waals surface area contributed by atoms with Crippen molar-refractivity contribution in [2.75, 3.05) is 12.4 Å². The first-order chi connectivity index (χ1) is 19.1. The first-order valence-electron chi connectivity index (χ1n) is 11.4. The van der Waals surface area contributed by atoms with Crippen molar-refractivity contribution >= 4 is 35.3 Å². The predicted octanol–water partition coefficient (Wildman–Crippen LogP) is 3.82. The summed E-state index contributed by atoms with van der Waals surface area (Å²) in [7, 11) is 1.29. The molecular weight excluding hydrogens is 574 g/mol. The standard InChI is InChI=1S/C24H23F4N5O4S.CH2O2/c1-12-17(24(26,27)28)11-30-22(37-18-8-9-19(25)31-14(18)3)20(12)21(34)32-15-6-5-7-16(10-15)38(36)33(4)23(35)13(2)29;2-1-3/h5-11,13H,29H2,1-4H3,(H,32,34);1H,(H,2,3)/t13-,38?;/m1./s1. The fourth-order valence-corrected chi connectivity index (χ4v) is 4.41. The van der Waals surface area contributed by atoms with E-state index in [1.807, 2.05) is 0 Å². The molecule has 4 N–H and O–H groups in total. The quantitative estimate of drug-likeness (QED) is 0.158. The number of ether oxygens (including phenoxy) is 1. The first-order valence-corrected chi connectivity index (χ1v) is 12.5. The highest BCUT2D eigenvalue weighted by Crippen LogP contribution is 2.37.